The first kappa shape index (κ1) is 21.4. The summed E-state index contributed by atoms with van der Waals surface area (Å²) in [4.78, 5) is 0. The molecular formula is C11H18Cl2N2O3PRhS+2. The summed E-state index contributed by atoms with van der Waals surface area (Å²) in [5.74, 6) is 0. The third-order valence-electron chi connectivity index (χ3n) is 1.85. The summed E-state index contributed by atoms with van der Waals surface area (Å²) in [7, 11) is 6.45. The number of nitrogens with one attached hydrogen (secondary N) is 1. The van der Waals surface area contributed by atoms with Gasteiger partial charge in [-0.3, -0.25) is 13.6 Å². The zero-order valence-corrected chi connectivity index (χ0v) is 16.4. The third-order valence-corrected chi connectivity index (χ3v) is 3.86. The second-order valence-electron chi connectivity index (χ2n) is 3.29. The van der Waals surface area contributed by atoms with Gasteiger partial charge in [-0.15, -0.1) is 0 Å². The molecule has 1 aromatic rings. The van der Waals surface area contributed by atoms with Crippen LogP contribution in [0, 0.1) is 0 Å². The van der Waals surface area contributed by atoms with Gasteiger partial charge in [0, 0.05) is 5.69 Å². The molecule has 0 aliphatic heterocycles. The summed E-state index contributed by atoms with van der Waals surface area (Å²) in [5.41, 5.74) is 0.825. The molecule has 2 N–H and O–H groups in total. The Morgan fingerprint density at radius 1 is 1.29 bits per heavy atom. The number of rotatable bonds is 6. The van der Waals surface area contributed by atoms with Crippen molar-refractivity contribution in [3.8, 4) is 0 Å². The van der Waals surface area contributed by atoms with Crippen LogP contribution in [0.2, 0.25) is 0 Å². The van der Waals surface area contributed by atoms with E-state index in [9.17, 15) is 4.57 Å². The molecule has 5 nitrogen and oxygen atoms in total. The predicted octanol–water partition coefficient (Wildman–Crippen LogP) is 4.34. The molecule has 21 heavy (non-hydrogen) atoms. The van der Waals surface area contributed by atoms with Gasteiger partial charge in [0.25, 0.3) is 0 Å². The van der Waals surface area contributed by atoms with Gasteiger partial charge in [-0.2, -0.15) is 0 Å². The number of halogens is 2. The molecule has 0 aliphatic carbocycles. The summed E-state index contributed by atoms with van der Waals surface area (Å²) < 4.78 is 20.3. The van der Waals surface area contributed by atoms with Crippen molar-refractivity contribution in [2.45, 2.75) is 13.8 Å². The van der Waals surface area contributed by atoms with Crippen molar-refractivity contribution in [3.05, 3.63) is 35.4 Å². The molecule has 0 unspecified atom stereocenters. The third kappa shape index (κ3) is 10.7. The van der Waals surface area contributed by atoms with Gasteiger partial charge in [0.1, 0.15) is 0 Å². The number of hydrogen-bond donors (Lipinski definition) is 1. The van der Waals surface area contributed by atoms with E-state index >= 15 is 0 Å². The van der Waals surface area contributed by atoms with Crippen molar-refractivity contribution in [2.75, 3.05) is 18.5 Å². The Kier molecular flexibility index (Phi) is 13.2. The van der Waals surface area contributed by atoms with Gasteiger partial charge in [-0.25, -0.2) is 0 Å². The molecule has 0 amide bonds. The molecule has 0 bridgehead atoms. The van der Waals surface area contributed by atoms with E-state index in [2.05, 4.69) is 22.6 Å². The van der Waals surface area contributed by atoms with E-state index in [1.165, 1.54) is 0 Å². The second-order valence-corrected chi connectivity index (χ2v) is 7.90. The normalized spacial score (nSPS) is 10.7. The van der Waals surface area contributed by atoms with Gasteiger partial charge >= 0.3 is 42.3 Å². The van der Waals surface area contributed by atoms with Gasteiger partial charge in [-0.1, -0.05) is 18.2 Å². The predicted molar refractivity (Wildman–Crippen MR) is 91.0 cm³/mol. The molecule has 122 valence electrons. The zero-order valence-electron chi connectivity index (χ0n) is 11.5. The first-order valence-corrected chi connectivity index (χ1v) is 12.1. The Bertz CT molecular complexity index is 446. The van der Waals surface area contributed by atoms with Crippen molar-refractivity contribution in [1.29, 1.82) is 0 Å². The van der Waals surface area contributed by atoms with Gasteiger partial charge in [0.2, 0.25) is 0 Å². The number of thiol groups is 1. The van der Waals surface area contributed by atoms with Crippen LogP contribution >= 0.6 is 27.1 Å². The van der Waals surface area contributed by atoms with Crippen LogP contribution in [0.25, 0.3) is 5.09 Å². The van der Waals surface area contributed by atoms with Crippen molar-refractivity contribution in [2.24, 2.45) is 0 Å². The molecule has 1 rings (SSSR count). The number of para-hydroxylation sites is 1. The van der Waals surface area contributed by atoms with E-state index in [0.717, 1.165) is 5.69 Å². The molecule has 0 fully saturated rings. The fraction of sp³-hybridized carbons (Fsp3) is 0.364. The van der Waals surface area contributed by atoms with Crippen LogP contribution < -0.4 is 5.32 Å². The van der Waals surface area contributed by atoms with Crippen LogP contribution in [0.3, 0.4) is 0 Å². The molecular weight excluding hydrogens is 445 g/mol. The van der Waals surface area contributed by atoms with Gasteiger partial charge < -0.3 is 10.4 Å². The van der Waals surface area contributed by atoms with Crippen LogP contribution in [0.5, 0.6) is 0 Å². The van der Waals surface area contributed by atoms with E-state index in [1.807, 2.05) is 30.3 Å². The molecule has 0 atom stereocenters. The topological polar surface area (TPSA) is 66.0 Å². The molecule has 0 aromatic heterocycles. The van der Waals surface area contributed by atoms with Crippen LogP contribution in [-0.2, 0) is 36.4 Å². The second kappa shape index (κ2) is 12.9. The van der Waals surface area contributed by atoms with Gasteiger partial charge in [0.05, 0.1) is 13.2 Å². The average molecular weight is 463 g/mol. The molecule has 0 radical (unpaired) electrons. The molecule has 0 heterocycles. The average Bonchev–Trinajstić information content (AvgIpc) is 2.40. The minimum atomic E-state index is -3.21. The molecule has 1 aromatic carbocycles. The first-order valence-electron chi connectivity index (χ1n) is 5.87. The fourth-order valence-corrected chi connectivity index (χ4v) is 2.85. The summed E-state index contributed by atoms with van der Waals surface area (Å²) in [5, 5.41) is 7.16. The number of nitrogens with zero attached hydrogens (tertiary/aromatic N) is 1. The monoisotopic (exact) mass is 462 g/mol. The van der Waals surface area contributed by atoms with Crippen LogP contribution in [0.1, 0.15) is 13.8 Å². The van der Waals surface area contributed by atoms with Gasteiger partial charge in [-0.05, 0) is 26.0 Å². The first-order chi connectivity index (χ1) is 10.0. The SMILES string of the molecule is CCOP(=[OH+])([N-]C(=[SH+])Nc1ccccc1)OCC.[Cl][Rh+][Cl]. The summed E-state index contributed by atoms with van der Waals surface area (Å²) in [6.45, 7) is 4.17. The standard InChI is InChI=1S/C11H17N2O3PS.2ClH.Rh/c1-3-15-17(14,16-4-2)13-11(18)12-10-8-6-5-7-9-10;;;/h5-9H,3-4H2,1-2H3,(H2,12,13,14,18);2*1H;/q;;;+3/p-1. The summed E-state index contributed by atoms with van der Waals surface area (Å²) >= 11 is 3.94. The Morgan fingerprint density at radius 2 is 1.76 bits per heavy atom. The Labute approximate surface area is 146 Å². The van der Waals surface area contributed by atoms with Crippen molar-refractivity contribution < 1.29 is 28.8 Å². The number of benzene rings is 1. The molecule has 0 aliphatic rings. The Hall–Kier alpha value is 0.423. The van der Waals surface area contributed by atoms with E-state index in [0.29, 0.717) is 13.2 Å². The molecule has 0 saturated heterocycles. The number of anilines is 1. The summed E-state index contributed by atoms with van der Waals surface area (Å²) in [6, 6.07) is 9.41. The van der Waals surface area contributed by atoms with Crippen molar-refractivity contribution >= 4 is 50.1 Å². The molecule has 0 saturated carbocycles. The van der Waals surface area contributed by atoms with Crippen molar-refractivity contribution in [3.63, 3.8) is 0 Å². The van der Waals surface area contributed by atoms with Crippen molar-refractivity contribution in [1.82, 2.24) is 0 Å². The Morgan fingerprint density at radius 3 is 2.19 bits per heavy atom. The fourth-order valence-electron chi connectivity index (χ4n) is 1.23. The maximum absolute atomic E-state index is 10.0. The zero-order chi connectivity index (χ0) is 16.1. The van der Waals surface area contributed by atoms with Gasteiger partial charge in [0.15, 0.2) is 17.3 Å². The molecule has 0 spiro atoms. The van der Waals surface area contributed by atoms with E-state index in [1.54, 1.807) is 13.8 Å². The number of hydrogen-bond acceptors (Lipinski definition) is 2. The molecule has 10 heteroatoms. The van der Waals surface area contributed by atoms with Crippen LogP contribution in [0.4, 0.5) is 5.69 Å². The van der Waals surface area contributed by atoms with E-state index < -0.39 is 7.75 Å². The van der Waals surface area contributed by atoms with Crippen LogP contribution in [-0.4, -0.2) is 22.9 Å². The Balaban J connectivity index is 0.00000122. The quantitative estimate of drug-likeness (QED) is 0.225. The maximum atomic E-state index is 10.0. The minimum absolute atomic E-state index is 0.226. The van der Waals surface area contributed by atoms with E-state index in [4.69, 9.17) is 28.4 Å². The van der Waals surface area contributed by atoms with E-state index in [-0.39, 0.29) is 20.3 Å². The summed E-state index contributed by atoms with van der Waals surface area (Å²) in [6.07, 6.45) is 0. The van der Waals surface area contributed by atoms with Crippen LogP contribution in [0.15, 0.2) is 30.3 Å².